The van der Waals surface area contributed by atoms with E-state index in [0.717, 1.165) is 25.6 Å². The van der Waals surface area contributed by atoms with Crippen molar-refractivity contribution in [2.75, 3.05) is 13.1 Å². The smallest absolute Gasteiger partial charge is 0.0518 e. The molecule has 0 spiro atoms. The van der Waals surface area contributed by atoms with Crippen LogP contribution >= 0.6 is 0 Å². The van der Waals surface area contributed by atoms with Crippen molar-refractivity contribution in [2.24, 2.45) is 11.3 Å². The van der Waals surface area contributed by atoms with Gasteiger partial charge in [-0.2, -0.15) is 0 Å². The van der Waals surface area contributed by atoms with E-state index in [2.05, 4.69) is 55.7 Å². The Bertz CT molecular complexity index is 455. The molecule has 2 nitrogen and oxygen atoms in total. The maximum absolute atomic E-state index is 3.92. The lowest BCUT2D eigenvalue weighted by Crippen LogP contribution is -2.56. The molecule has 0 amide bonds. The molecule has 1 aromatic carbocycles. The van der Waals surface area contributed by atoms with Crippen LogP contribution in [0.5, 0.6) is 0 Å². The molecule has 1 aromatic rings. The molecule has 0 aromatic heterocycles. The van der Waals surface area contributed by atoms with Crippen LogP contribution in [0.2, 0.25) is 0 Å². The fourth-order valence-corrected chi connectivity index (χ4v) is 4.29. The van der Waals surface area contributed by atoms with Crippen LogP contribution in [0, 0.1) is 11.3 Å². The summed E-state index contributed by atoms with van der Waals surface area (Å²) < 4.78 is 0. The van der Waals surface area contributed by atoms with E-state index in [-0.39, 0.29) is 11.0 Å². The second kappa shape index (κ2) is 4.60. The molecule has 0 bridgehead atoms. The van der Waals surface area contributed by atoms with E-state index < -0.39 is 0 Å². The highest BCUT2D eigenvalue weighted by Gasteiger charge is 2.52. The molecule has 2 aliphatic heterocycles. The summed E-state index contributed by atoms with van der Waals surface area (Å²) in [6.45, 7) is 10.5. The molecule has 0 aliphatic carbocycles. The molecule has 1 unspecified atom stereocenters. The number of hydrogen-bond donors (Lipinski definition) is 2. The van der Waals surface area contributed by atoms with Crippen LogP contribution in [-0.2, 0) is 12.1 Å². The molecule has 2 heteroatoms. The van der Waals surface area contributed by atoms with Crippen LogP contribution in [-0.4, -0.2) is 13.1 Å². The Hall–Kier alpha value is -0.860. The van der Waals surface area contributed by atoms with Crippen molar-refractivity contribution in [3.63, 3.8) is 0 Å². The molecule has 0 radical (unpaired) electrons. The topological polar surface area (TPSA) is 24.1 Å². The van der Waals surface area contributed by atoms with Crippen molar-refractivity contribution < 1.29 is 0 Å². The Morgan fingerprint density at radius 1 is 1.11 bits per heavy atom. The average molecular weight is 258 g/mol. The zero-order valence-electron chi connectivity index (χ0n) is 12.4. The second-order valence-electron chi connectivity index (χ2n) is 7.09. The Morgan fingerprint density at radius 2 is 1.79 bits per heavy atom. The van der Waals surface area contributed by atoms with Crippen molar-refractivity contribution >= 4 is 0 Å². The van der Waals surface area contributed by atoms with E-state index in [1.807, 2.05) is 0 Å². The van der Waals surface area contributed by atoms with Gasteiger partial charge in [-0.15, -0.1) is 0 Å². The van der Waals surface area contributed by atoms with Gasteiger partial charge in [0.2, 0.25) is 0 Å². The molecule has 1 atom stereocenters. The number of rotatable bonds is 1. The second-order valence-corrected chi connectivity index (χ2v) is 7.09. The van der Waals surface area contributed by atoms with Gasteiger partial charge >= 0.3 is 0 Å². The minimum atomic E-state index is 0.145. The standard InChI is InChI=1S/C17H26N2/c1-16(2,3)17(14-8-10-18-11-9-14)15-7-5-4-6-13(15)12-19-17/h4-7,14,18-19H,8-12H2,1-3H3. The van der Waals surface area contributed by atoms with Crippen molar-refractivity contribution in [3.8, 4) is 0 Å². The SMILES string of the molecule is CC(C)(C)C1(C2CCNCC2)NCc2ccccc21. The van der Waals surface area contributed by atoms with Gasteiger partial charge in [-0.25, -0.2) is 0 Å². The first-order valence-corrected chi connectivity index (χ1v) is 7.60. The third-order valence-electron chi connectivity index (χ3n) is 5.13. The summed E-state index contributed by atoms with van der Waals surface area (Å²) in [7, 11) is 0. The van der Waals surface area contributed by atoms with Crippen LogP contribution in [0.25, 0.3) is 0 Å². The predicted octanol–water partition coefficient (Wildman–Crippen LogP) is 3.03. The zero-order chi connectivity index (χ0) is 13.5. The monoisotopic (exact) mass is 258 g/mol. The highest BCUT2D eigenvalue weighted by Crippen LogP contribution is 2.51. The van der Waals surface area contributed by atoms with Gasteiger partial charge in [0.05, 0.1) is 5.54 Å². The summed E-state index contributed by atoms with van der Waals surface area (Å²) in [6.07, 6.45) is 2.55. The van der Waals surface area contributed by atoms with Gasteiger partial charge in [0.1, 0.15) is 0 Å². The minimum Gasteiger partial charge on any atom is -0.317 e. The molecule has 19 heavy (non-hydrogen) atoms. The van der Waals surface area contributed by atoms with Crippen LogP contribution in [0.15, 0.2) is 24.3 Å². The van der Waals surface area contributed by atoms with Crippen molar-refractivity contribution in [3.05, 3.63) is 35.4 Å². The van der Waals surface area contributed by atoms with Crippen molar-refractivity contribution in [1.29, 1.82) is 0 Å². The summed E-state index contributed by atoms with van der Waals surface area (Å²) in [5, 5.41) is 7.42. The number of hydrogen-bond acceptors (Lipinski definition) is 2. The highest BCUT2D eigenvalue weighted by atomic mass is 15.0. The molecule has 104 valence electrons. The van der Waals surface area contributed by atoms with Gasteiger partial charge in [-0.3, -0.25) is 0 Å². The van der Waals surface area contributed by atoms with Crippen molar-refractivity contribution in [1.82, 2.24) is 10.6 Å². The maximum Gasteiger partial charge on any atom is 0.0518 e. The molecular weight excluding hydrogens is 232 g/mol. The summed E-state index contributed by atoms with van der Waals surface area (Å²) >= 11 is 0. The molecule has 1 fully saturated rings. The fourth-order valence-electron chi connectivity index (χ4n) is 4.29. The van der Waals surface area contributed by atoms with Crippen molar-refractivity contribution in [2.45, 2.75) is 45.7 Å². The van der Waals surface area contributed by atoms with Gasteiger partial charge in [-0.1, -0.05) is 45.0 Å². The van der Waals surface area contributed by atoms with Crippen LogP contribution in [0.1, 0.15) is 44.7 Å². The first-order valence-electron chi connectivity index (χ1n) is 7.60. The van der Waals surface area contributed by atoms with Gasteiger partial charge in [-0.05, 0) is 48.4 Å². The molecule has 3 rings (SSSR count). The van der Waals surface area contributed by atoms with Crippen LogP contribution in [0.4, 0.5) is 0 Å². The fraction of sp³-hybridized carbons (Fsp3) is 0.647. The number of fused-ring (bicyclic) bond motifs is 1. The molecule has 1 saturated heterocycles. The van der Waals surface area contributed by atoms with Gasteiger partial charge in [0, 0.05) is 6.54 Å². The lowest BCUT2D eigenvalue weighted by molar-refractivity contribution is 0.0556. The highest BCUT2D eigenvalue weighted by molar-refractivity contribution is 5.40. The molecule has 2 aliphatic rings. The first kappa shape index (κ1) is 13.1. The normalized spacial score (nSPS) is 28.4. The lowest BCUT2D eigenvalue weighted by atomic mass is 9.61. The van der Waals surface area contributed by atoms with Crippen LogP contribution in [0.3, 0.4) is 0 Å². The average Bonchev–Trinajstić information content (AvgIpc) is 2.80. The van der Waals surface area contributed by atoms with Gasteiger partial charge in [0.25, 0.3) is 0 Å². The number of benzene rings is 1. The summed E-state index contributed by atoms with van der Waals surface area (Å²) in [5.41, 5.74) is 3.43. The Kier molecular flexibility index (Phi) is 3.18. The first-order chi connectivity index (χ1) is 9.06. The Balaban J connectivity index is 2.09. The minimum absolute atomic E-state index is 0.145. The Morgan fingerprint density at radius 3 is 2.47 bits per heavy atom. The third kappa shape index (κ3) is 1.93. The van der Waals surface area contributed by atoms with E-state index in [0.29, 0.717) is 0 Å². The number of piperidine rings is 1. The zero-order valence-corrected chi connectivity index (χ0v) is 12.4. The number of nitrogens with one attached hydrogen (secondary N) is 2. The van der Waals surface area contributed by atoms with Gasteiger partial charge in [0.15, 0.2) is 0 Å². The van der Waals surface area contributed by atoms with E-state index in [1.54, 1.807) is 5.56 Å². The van der Waals surface area contributed by atoms with Gasteiger partial charge < -0.3 is 10.6 Å². The largest absolute Gasteiger partial charge is 0.317 e. The van der Waals surface area contributed by atoms with Crippen LogP contribution < -0.4 is 10.6 Å². The quantitative estimate of drug-likeness (QED) is 0.809. The molecular formula is C17H26N2. The predicted molar refractivity (Wildman–Crippen MR) is 80.0 cm³/mol. The van der Waals surface area contributed by atoms with E-state index in [4.69, 9.17) is 0 Å². The molecule has 2 heterocycles. The van der Waals surface area contributed by atoms with E-state index >= 15 is 0 Å². The maximum atomic E-state index is 3.92. The molecule has 0 saturated carbocycles. The summed E-state index contributed by atoms with van der Waals surface area (Å²) in [4.78, 5) is 0. The van der Waals surface area contributed by atoms with E-state index in [1.165, 1.54) is 18.4 Å². The lowest BCUT2D eigenvalue weighted by Gasteiger charge is -2.50. The third-order valence-corrected chi connectivity index (χ3v) is 5.13. The molecule has 2 N–H and O–H groups in total. The van der Waals surface area contributed by atoms with E-state index in [9.17, 15) is 0 Å². The summed E-state index contributed by atoms with van der Waals surface area (Å²) in [6, 6.07) is 9.01. The Labute approximate surface area is 117 Å². The summed E-state index contributed by atoms with van der Waals surface area (Å²) in [5.74, 6) is 0.734.